The molecule has 172 valence electrons. The average molecular weight is 515 g/mol. The molecule has 3 amide bonds. The van der Waals surface area contributed by atoms with Gasteiger partial charge in [0, 0.05) is 16.9 Å². The Hall–Kier alpha value is -3.32. The van der Waals surface area contributed by atoms with Gasteiger partial charge in [-0.2, -0.15) is 0 Å². The second kappa shape index (κ2) is 9.50. The first-order valence-corrected chi connectivity index (χ1v) is 11.3. The van der Waals surface area contributed by atoms with Crippen molar-refractivity contribution < 1.29 is 14.4 Å². The van der Waals surface area contributed by atoms with E-state index in [0.29, 0.717) is 16.9 Å². The minimum absolute atomic E-state index is 0.0570. The predicted molar refractivity (Wildman–Crippen MR) is 136 cm³/mol. The van der Waals surface area contributed by atoms with Gasteiger partial charge in [-0.15, -0.1) is 0 Å². The number of nitrogens with zero attached hydrogens (tertiary/aromatic N) is 1. The molecule has 0 aliphatic carbocycles. The van der Waals surface area contributed by atoms with Crippen LogP contribution in [0.2, 0.25) is 10.0 Å². The Bertz CT molecular complexity index is 1380. The lowest BCUT2D eigenvalue weighted by molar-refractivity contribution is -0.120. The molecule has 0 bridgehead atoms. The molecule has 6 nitrogen and oxygen atoms in total. The van der Waals surface area contributed by atoms with Gasteiger partial charge < -0.3 is 10.6 Å². The highest BCUT2D eigenvalue weighted by Crippen LogP contribution is 2.37. The zero-order chi connectivity index (χ0) is 24.6. The number of amides is 3. The van der Waals surface area contributed by atoms with Crippen molar-refractivity contribution in [1.82, 2.24) is 0 Å². The van der Waals surface area contributed by atoms with E-state index in [2.05, 4.69) is 10.6 Å². The van der Waals surface area contributed by atoms with E-state index in [0.717, 1.165) is 16.0 Å². The summed E-state index contributed by atoms with van der Waals surface area (Å²) < 4.78 is 0. The zero-order valence-corrected chi connectivity index (χ0v) is 20.3. The molecule has 3 aromatic carbocycles. The maximum absolute atomic E-state index is 13.0. The van der Waals surface area contributed by atoms with Crippen molar-refractivity contribution in [3.8, 4) is 0 Å². The molecule has 34 heavy (non-hydrogen) atoms. The van der Waals surface area contributed by atoms with Gasteiger partial charge in [-0.1, -0.05) is 53.0 Å². The first kappa shape index (κ1) is 23.8. The topological polar surface area (TPSA) is 78.5 Å². The second-order valence-electron chi connectivity index (χ2n) is 7.67. The molecule has 0 spiro atoms. The summed E-state index contributed by atoms with van der Waals surface area (Å²) in [5, 5.41) is 5.66. The second-order valence-corrected chi connectivity index (χ2v) is 8.83. The molecule has 0 unspecified atom stereocenters. The van der Waals surface area contributed by atoms with E-state index < -0.39 is 11.8 Å². The number of carbonyl (C=O) groups excluding carboxylic acids is 3. The lowest BCUT2D eigenvalue weighted by Crippen LogP contribution is -2.32. The number of benzene rings is 3. The molecule has 0 fully saturated rings. The predicted octanol–water partition coefficient (Wildman–Crippen LogP) is 6.30. The van der Waals surface area contributed by atoms with Gasteiger partial charge in [0.05, 0.1) is 15.7 Å². The van der Waals surface area contributed by atoms with Crippen molar-refractivity contribution in [1.29, 1.82) is 0 Å². The molecule has 9 heteroatoms. The van der Waals surface area contributed by atoms with Gasteiger partial charge in [0.2, 0.25) is 0 Å². The van der Waals surface area contributed by atoms with Crippen LogP contribution in [0.1, 0.15) is 21.5 Å². The molecule has 3 aromatic rings. The maximum Gasteiger partial charge on any atom is 0.283 e. The Kier molecular flexibility index (Phi) is 6.66. The summed E-state index contributed by atoms with van der Waals surface area (Å²) in [5.41, 5.74) is 3.60. The number of hydrogen-bond acceptors (Lipinski definition) is 4. The third-order valence-corrected chi connectivity index (χ3v) is 6.52. The lowest BCUT2D eigenvalue weighted by Gasteiger charge is -2.17. The van der Waals surface area contributed by atoms with Gasteiger partial charge in [-0.3, -0.25) is 14.4 Å². The van der Waals surface area contributed by atoms with Crippen LogP contribution in [0.4, 0.5) is 17.1 Å². The Morgan fingerprint density at radius 1 is 0.824 bits per heavy atom. The summed E-state index contributed by atoms with van der Waals surface area (Å²) in [6.45, 7) is 3.96. The molecule has 0 radical (unpaired) electrons. The van der Waals surface area contributed by atoms with Crippen molar-refractivity contribution in [2.45, 2.75) is 13.8 Å². The number of imide groups is 1. The average Bonchev–Trinajstić information content (AvgIpc) is 3.01. The van der Waals surface area contributed by atoms with Crippen LogP contribution in [-0.4, -0.2) is 17.7 Å². The van der Waals surface area contributed by atoms with E-state index in [9.17, 15) is 14.4 Å². The molecule has 4 rings (SSSR count). The zero-order valence-electron chi connectivity index (χ0n) is 18.1. The van der Waals surface area contributed by atoms with Crippen molar-refractivity contribution in [3.05, 3.63) is 98.1 Å². The number of hydrogen-bond donors (Lipinski definition) is 2. The summed E-state index contributed by atoms with van der Waals surface area (Å²) in [6.07, 6.45) is 0. The fourth-order valence-electron chi connectivity index (χ4n) is 3.40. The molecular formula is C25H18Cl3N3O3. The van der Waals surface area contributed by atoms with E-state index in [1.165, 1.54) is 6.07 Å². The molecule has 2 N–H and O–H groups in total. The van der Waals surface area contributed by atoms with Crippen LogP contribution in [0.5, 0.6) is 0 Å². The van der Waals surface area contributed by atoms with Gasteiger partial charge >= 0.3 is 0 Å². The number of nitrogens with one attached hydrogen (secondary N) is 2. The van der Waals surface area contributed by atoms with Crippen molar-refractivity contribution in [2.75, 3.05) is 15.5 Å². The van der Waals surface area contributed by atoms with Crippen LogP contribution in [0.3, 0.4) is 0 Å². The van der Waals surface area contributed by atoms with Crippen molar-refractivity contribution >= 4 is 69.6 Å². The Morgan fingerprint density at radius 3 is 2.29 bits per heavy atom. The van der Waals surface area contributed by atoms with Crippen LogP contribution < -0.4 is 15.5 Å². The molecule has 0 aromatic heterocycles. The Morgan fingerprint density at radius 2 is 1.56 bits per heavy atom. The first-order chi connectivity index (χ1) is 16.2. The number of aryl methyl sites for hydroxylation is 2. The number of rotatable bonds is 5. The van der Waals surface area contributed by atoms with Crippen molar-refractivity contribution in [3.63, 3.8) is 0 Å². The standard InChI is InChI=1S/C25H18Cl3N3O3/c1-13-9-10-17(11-14(13)2)30-23(32)15-5-3-6-16(12-15)29-22-21(28)24(33)31(25(22)34)19-8-4-7-18(26)20(19)27/h3-12,29H,1-2H3,(H,30,32). The fourth-order valence-corrected chi connectivity index (χ4v) is 3.99. The van der Waals surface area contributed by atoms with E-state index in [-0.39, 0.29) is 32.4 Å². The van der Waals surface area contributed by atoms with Crippen LogP contribution in [0.15, 0.2) is 71.4 Å². The number of carbonyl (C=O) groups is 3. The lowest BCUT2D eigenvalue weighted by atomic mass is 10.1. The minimum atomic E-state index is -0.734. The highest BCUT2D eigenvalue weighted by atomic mass is 35.5. The van der Waals surface area contributed by atoms with E-state index in [1.54, 1.807) is 36.4 Å². The van der Waals surface area contributed by atoms with Crippen LogP contribution >= 0.6 is 34.8 Å². The van der Waals surface area contributed by atoms with Gasteiger partial charge in [0.1, 0.15) is 10.7 Å². The van der Waals surface area contributed by atoms with Crippen LogP contribution in [0.25, 0.3) is 0 Å². The fraction of sp³-hybridized carbons (Fsp3) is 0.0800. The van der Waals surface area contributed by atoms with Crippen LogP contribution in [-0.2, 0) is 9.59 Å². The van der Waals surface area contributed by atoms with Gasteiger partial charge in [0.25, 0.3) is 17.7 Å². The third-order valence-electron chi connectivity index (χ3n) is 5.36. The monoisotopic (exact) mass is 513 g/mol. The van der Waals surface area contributed by atoms with Gasteiger partial charge in [0.15, 0.2) is 0 Å². The third kappa shape index (κ3) is 4.53. The molecule has 0 atom stereocenters. The molecule has 1 aliphatic heterocycles. The summed E-state index contributed by atoms with van der Waals surface area (Å²) >= 11 is 18.4. The Balaban J connectivity index is 1.56. The van der Waals surface area contributed by atoms with Gasteiger partial charge in [-0.05, 0) is 67.4 Å². The smallest absolute Gasteiger partial charge is 0.283 e. The highest BCUT2D eigenvalue weighted by Gasteiger charge is 2.40. The molecule has 0 saturated carbocycles. The van der Waals surface area contributed by atoms with Crippen LogP contribution in [0, 0.1) is 13.8 Å². The molecule has 1 aliphatic rings. The first-order valence-electron chi connectivity index (χ1n) is 10.2. The van der Waals surface area contributed by atoms with Gasteiger partial charge in [-0.25, -0.2) is 4.90 Å². The van der Waals surface area contributed by atoms with E-state index in [4.69, 9.17) is 34.8 Å². The van der Waals surface area contributed by atoms with E-state index in [1.807, 2.05) is 32.0 Å². The summed E-state index contributed by atoms with van der Waals surface area (Å²) in [7, 11) is 0. The quantitative estimate of drug-likeness (QED) is 0.392. The summed E-state index contributed by atoms with van der Waals surface area (Å²) in [4.78, 5) is 39.4. The Labute approximate surface area is 211 Å². The summed E-state index contributed by atoms with van der Waals surface area (Å²) in [5.74, 6) is -1.75. The number of anilines is 3. The molecular weight excluding hydrogens is 497 g/mol. The molecule has 0 saturated heterocycles. The largest absolute Gasteiger partial charge is 0.350 e. The SMILES string of the molecule is Cc1ccc(NC(=O)c2cccc(NC3=C(Cl)C(=O)N(c4cccc(Cl)c4Cl)C3=O)c2)cc1C. The highest BCUT2D eigenvalue weighted by molar-refractivity contribution is 6.54. The normalized spacial score (nSPS) is 13.5. The summed E-state index contributed by atoms with van der Waals surface area (Å²) in [6, 6.07) is 16.7. The van der Waals surface area contributed by atoms with Crippen molar-refractivity contribution in [2.24, 2.45) is 0 Å². The van der Waals surface area contributed by atoms with E-state index >= 15 is 0 Å². The molecule has 1 heterocycles. The number of halogens is 3. The maximum atomic E-state index is 13.0. The minimum Gasteiger partial charge on any atom is -0.350 e.